The SMILES string of the molecule is CC(Br)C(=O)c1ccc(N)c(CCl)c1. The van der Waals surface area contributed by atoms with Crippen molar-refractivity contribution in [2.75, 3.05) is 5.73 Å². The molecule has 1 aromatic carbocycles. The van der Waals surface area contributed by atoms with Gasteiger partial charge in [0, 0.05) is 17.1 Å². The van der Waals surface area contributed by atoms with Gasteiger partial charge in [0.15, 0.2) is 5.78 Å². The Kier molecular flexibility index (Phi) is 3.96. The Bertz CT molecular complexity index is 352. The summed E-state index contributed by atoms with van der Waals surface area (Å²) in [5, 5.41) is 0. The summed E-state index contributed by atoms with van der Waals surface area (Å²) in [4.78, 5) is 11.4. The smallest absolute Gasteiger partial charge is 0.176 e. The van der Waals surface area contributed by atoms with Gasteiger partial charge in [-0.25, -0.2) is 0 Å². The number of rotatable bonds is 3. The van der Waals surface area contributed by atoms with Crippen LogP contribution in [0, 0.1) is 0 Å². The fraction of sp³-hybridized carbons (Fsp3) is 0.300. The van der Waals surface area contributed by atoms with Crippen LogP contribution in [0.15, 0.2) is 18.2 Å². The predicted molar refractivity (Wildman–Crippen MR) is 63.1 cm³/mol. The monoisotopic (exact) mass is 275 g/mol. The van der Waals surface area contributed by atoms with Gasteiger partial charge >= 0.3 is 0 Å². The van der Waals surface area contributed by atoms with E-state index >= 15 is 0 Å². The largest absolute Gasteiger partial charge is 0.398 e. The zero-order valence-electron chi connectivity index (χ0n) is 7.76. The number of anilines is 1. The van der Waals surface area contributed by atoms with Gasteiger partial charge in [0.2, 0.25) is 0 Å². The molecule has 0 aliphatic rings. The summed E-state index contributed by atoms with van der Waals surface area (Å²) in [6, 6.07) is 5.16. The molecule has 1 aromatic rings. The second-order valence-corrected chi connectivity index (χ2v) is 4.67. The fourth-order valence-corrected chi connectivity index (χ4v) is 1.60. The van der Waals surface area contributed by atoms with E-state index in [-0.39, 0.29) is 10.6 Å². The second kappa shape index (κ2) is 4.80. The number of halogens is 2. The Hall–Kier alpha value is -0.540. The summed E-state index contributed by atoms with van der Waals surface area (Å²) in [7, 11) is 0. The van der Waals surface area contributed by atoms with Crippen molar-refractivity contribution < 1.29 is 4.79 Å². The fourth-order valence-electron chi connectivity index (χ4n) is 1.10. The molecular weight excluding hydrogens is 265 g/mol. The van der Waals surface area contributed by atoms with Gasteiger partial charge in [0.05, 0.1) is 4.83 Å². The van der Waals surface area contributed by atoms with Crippen molar-refractivity contribution in [2.45, 2.75) is 17.6 Å². The number of nitrogens with two attached hydrogens (primary N) is 1. The molecule has 1 unspecified atom stereocenters. The highest BCUT2D eigenvalue weighted by atomic mass is 79.9. The second-order valence-electron chi connectivity index (χ2n) is 3.03. The number of ketones is 1. The predicted octanol–water partition coefficient (Wildman–Crippen LogP) is 2.97. The van der Waals surface area contributed by atoms with Gasteiger partial charge in [0.1, 0.15) is 0 Å². The first kappa shape index (κ1) is 11.5. The van der Waals surface area contributed by atoms with Crippen molar-refractivity contribution >= 4 is 39.0 Å². The van der Waals surface area contributed by atoms with Crippen LogP contribution in [0.3, 0.4) is 0 Å². The quantitative estimate of drug-likeness (QED) is 0.524. The van der Waals surface area contributed by atoms with Gasteiger partial charge in [-0.05, 0) is 30.7 Å². The Morgan fingerprint density at radius 1 is 1.64 bits per heavy atom. The highest BCUT2D eigenvalue weighted by Crippen LogP contribution is 2.18. The van der Waals surface area contributed by atoms with Crippen molar-refractivity contribution in [1.82, 2.24) is 0 Å². The van der Waals surface area contributed by atoms with Crippen molar-refractivity contribution in [1.29, 1.82) is 0 Å². The van der Waals surface area contributed by atoms with Crippen molar-refractivity contribution in [3.8, 4) is 0 Å². The minimum absolute atomic E-state index is 0.0383. The van der Waals surface area contributed by atoms with E-state index in [1.807, 2.05) is 0 Å². The van der Waals surface area contributed by atoms with Gasteiger partial charge in [-0.2, -0.15) is 0 Å². The molecule has 14 heavy (non-hydrogen) atoms. The summed E-state index contributed by atoms with van der Waals surface area (Å²) in [5.74, 6) is 0.361. The van der Waals surface area contributed by atoms with Crippen LogP contribution in [0.25, 0.3) is 0 Å². The zero-order chi connectivity index (χ0) is 10.7. The van der Waals surface area contributed by atoms with Crippen molar-refractivity contribution in [3.63, 3.8) is 0 Å². The highest BCUT2D eigenvalue weighted by Gasteiger charge is 2.12. The Labute approximate surface area is 96.6 Å². The van der Waals surface area contributed by atoms with Crippen LogP contribution < -0.4 is 5.73 Å². The summed E-state index contributed by atoms with van der Waals surface area (Å²) in [5.41, 5.74) is 7.73. The van der Waals surface area contributed by atoms with E-state index in [1.165, 1.54) is 0 Å². The lowest BCUT2D eigenvalue weighted by molar-refractivity contribution is 0.0996. The number of hydrogen-bond acceptors (Lipinski definition) is 2. The van der Waals surface area contributed by atoms with E-state index < -0.39 is 0 Å². The lowest BCUT2D eigenvalue weighted by atomic mass is 10.1. The number of alkyl halides is 2. The summed E-state index contributed by atoms with van der Waals surface area (Å²) in [6.07, 6.45) is 0. The molecule has 76 valence electrons. The van der Waals surface area contributed by atoms with Gasteiger partial charge < -0.3 is 5.73 Å². The van der Waals surface area contributed by atoms with Crippen LogP contribution >= 0.6 is 27.5 Å². The maximum absolute atomic E-state index is 11.6. The molecule has 0 radical (unpaired) electrons. The summed E-state index contributed by atoms with van der Waals surface area (Å²) >= 11 is 8.91. The molecule has 0 spiro atoms. The molecule has 2 nitrogen and oxygen atoms in total. The molecule has 4 heteroatoms. The normalized spacial score (nSPS) is 12.5. The molecular formula is C10H11BrClNO. The van der Waals surface area contributed by atoms with E-state index in [0.717, 1.165) is 5.56 Å². The molecule has 0 heterocycles. The van der Waals surface area contributed by atoms with Gasteiger partial charge in [0.25, 0.3) is 0 Å². The molecule has 0 saturated carbocycles. The van der Waals surface area contributed by atoms with Gasteiger partial charge in [-0.15, -0.1) is 11.6 Å². The van der Waals surface area contributed by atoms with Crippen molar-refractivity contribution in [3.05, 3.63) is 29.3 Å². The van der Waals surface area contributed by atoms with E-state index in [0.29, 0.717) is 17.1 Å². The zero-order valence-corrected chi connectivity index (χ0v) is 10.1. The molecule has 0 amide bonds. The Morgan fingerprint density at radius 2 is 2.29 bits per heavy atom. The third-order valence-corrected chi connectivity index (χ3v) is 2.64. The first-order chi connectivity index (χ1) is 6.56. The van der Waals surface area contributed by atoms with E-state index in [4.69, 9.17) is 17.3 Å². The van der Waals surface area contributed by atoms with Crippen LogP contribution in [0.1, 0.15) is 22.8 Å². The molecule has 2 N–H and O–H groups in total. The lowest BCUT2D eigenvalue weighted by Gasteiger charge is -2.06. The Balaban J connectivity index is 3.06. The van der Waals surface area contributed by atoms with Crippen LogP contribution in [-0.2, 0) is 5.88 Å². The number of hydrogen-bond donors (Lipinski definition) is 1. The molecule has 1 atom stereocenters. The molecule has 1 rings (SSSR count). The number of carbonyl (C=O) groups excluding carboxylic acids is 1. The first-order valence-electron chi connectivity index (χ1n) is 4.19. The van der Waals surface area contributed by atoms with Gasteiger partial charge in [-0.3, -0.25) is 4.79 Å². The first-order valence-corrected chi connectivity index (χ1v) is 5.64. The number of carbonyl (C=O) groups is 1. The summed E-state index contributed by atoms with van der Waals surface area (Å²) < 4.78 is 0. The van der Waals surface area contributed by atoms with E-state index in [1.54, 1.807) is 25.1 Å². The maximum atomic E-state index is 11.6. The van der Waals surface area contributed by atoms with Crippen LogP contribution in [0.5, 0.6) is 0 Å². The van der Waals surface area contributed by atoms with E-state index in [9.17, 15) is 4.79 Å². The highest BCUT2D eigenvalue weighted by molar-refractivity contribution is 9.10. The number of Topliss-reactive ketones (excluding diaryl/α,β-unsaturated/α-hetero) is 1. The standard InChI is InChI=1S/C10H11BrClNO/c1-6(11)10(14)7-2-3-9(13)8(4-7)5-12/h2-4,6H,5,13H2,1H3. The average molecular weight is 277 g/mol. The maximum Gasteiger partial charge on any atom is 0.176 e. The van der Waals surface area contributed by atoms with Crippen LogP contribution in [-0.4, -0.2) is 10.6 Å². The summed E-state index contributed by atoms with van der Waals surface area (Å²) in [6.45, 7) is 1.79. The minimum atomic E-state index is -0.186. The van der Waals surface area contributed by atoms with Gasteiger partial charge in [-0.1, -0.05) is 15.9 Å². The van der Waals surface area contributed by atoms with E-state index in [2.05, 4.69) is 15.9 Å². The topological polar surface area (TPSA) is 43.1 Å². The molecule has 0 saturated heterocycles. The van der Waals surface area contributed by atoms with Crippen LogP contribution in [0.2, 0.25) is 0 Å². The Morgan fingerprint density at radius 3 is 2.79 bits per heavy atom. The van der Waals surface area contributed by atoms with Crippen molar-refractivity contribution in [2.24, 2.45) is 0 Å². The lowest BCUT2D eigenvalue weighted by Crippen LogP contribution is -2.10. The molecule has 0 aliphatic heterocycles. The third-order valence-electron chi connectivity index (χ3n) is 1.93. The van der Waals surface area contributed by atoms with Crippen LogP contribution in [0.4, 0.5) is 5.69 Å². The molecule has 0 fully saturated rings. The number of nitrogen functional groups attached to an aromatic ring is 1. The average Bonchev–Trinajstić information content (AvgIpc) is 2.17. The molecule has 0 aromatic heterocycles. The molecule has 0 aliphatic carbocycles. The number of benzene rings is 1. The third kappa shape index (κ3) is 2.49. The minimum Gasteiger partial charge on any atom is -0.398 e. The molecule has 0 bridgehead atoms.